The standard InChI is InChI=1S/C35H40N4O4/c1-33-17-23-20-38-39(26-11-9-25(10-12-26)37-21-40)29(23)16-24(33)8-13-27-28-14-15-35(43,34(28,2)18-30(41)31(27)33)32(42)36-19-22-6-4-3-5-7-22/h3-7,9-12,16,20-21,27-28,30-31,41,43H,8,13-15,17-19H2,1-2H3,(H,36,42)(H,37,40)/t27?,28?,30?,31?,33?,34?,35-/m0/s1. The number of aliphatic hydroxyl groups is 2. The third-order valence-electron chi connectivity index (χ3n) is 11.6. The van der Waals surface area contributed by atoms with E-state index in [1.165, 1.54) is 5.57 Å². The van der Waals surface area contributed by atoms with Crippen molar-refractivity contribution in [3.63, 3.8) is 0 Å². The van der Waals surface area contributed by atoms with Crippen LogP contribution >= 0.6 is 0 Å². The van der Waals surface area contributed by atoms with Gasteiger partial charge in [-0.3, -0.25) is 9.59 Å². The van der Waals surface area contributed by atoms with Gasteiger partial charge < -0.3 is 20.8 Å². The van der Waals surface area contributed by atoms with Crippen LogP contribution in [0.3, 0.4) is 0 Å². The zero-order chi connectivity index (χ0) is 30.0. The lowest BCUT2D eigenvalue weighted by molar-refractivity contribution is -0.181. The van der Waals surface area contributed by atoms with Gasteiger partial charge >= 0.3 is 0 Å². The molecule has 6 unspecified atom stereocenters. The lowest BCUT2D eigenvalue weighted by Crippen LogP contribution is -2.63. The van der Waals surface area contributed by atoms with Gasteiger partial charge in [-0.1, -0.05) is 49.8 Å². The third-order valence-corrected chi connectivity index (χ3v) is 11.6. The summed E-state index contributed by atoms with van der Waals surface area (Å²) in [5.74, 6) is 0.112. The zero-order valence-electron chi connectivity index (χ0n) is 24.8. The van der Waals surface area contributed by atoms with Gasteiger partial charge in [-0.05, 0) is 103 Å². The number of carbonyl (C=O) groups is 2. The minimum absolute atomic E-state index is 0.0468. The summed E-state index contributed by atoms with van der Waals surface area (Å²) in [5.41, 5.74) is 3.81. The molecule has 0 saturated heterocycles. The van der Waals surface area contributed by atoms with Crippen molar-refractivity contribution in [3.8, 4) is 5.69 Å². The van der Waals surface area contributed by atoms with Crippen molar-refractivity contribution in [2.24, 2.45) is 28.6 Å². The molecule has 7 rings (SSSR count). The first-order chi connectivity index (χ1) is 20.7. The second-order valence-corrected chi connectivity index (χ2v) is 13.6. The second kappa shape index (κ2) is 10.2. The van der Waals surface area contributed by atoms with Crippen LogP contribution in [0, 0.1) is 28.6 Å². The predicted octanol–water partition coefficient (Wildman–Crippen LogP) is 4.64. The summed E-state index contributed by atoms with van der Waals surface area (Å²) >= 11 is 0. The van der Waals surface area contributed by atoms with Crippen molar-refractivity contribution in [1.29, 1.82) is 0 Å². The molecule has 0 bridgehead atoms. The van der Waals surface area contributed by atoms with E-state index in [4.69, 9.17) is 5.10 Å². The fourth-order valence-corrected chi connectivity index (χ4v) is 9.46. The highest BCUT2D eigenvalue weighted by molar-refractivity contribution is 5.86. The molecule has 1 heterocycles. The average molecular weight is 581 g/mol. The molecule has 4 N–H and O–H groups in total. The van der Waals surface area contributed by atoms with Crippen molar-refractivity contribution < 1.29 is 19.8 Å². The Balaban J connectivity index is 1.14. The Kier molecular flexibility index (Phi) is 6.63. The van der Waals surface area contributed by atoms with Gasteiger partial charge in [0.15, 0.2) is 0 Å². The summed E-state index contributed by atoms with van der Waals surface area (Å²) in [7, 11) is 0. The molecule has 1 aromatic heterocycles. The number of nitrogens with one attached hydrogen (secondary N) is 2. The van der Waals surface area contributed by atoms with Crippen LogP contribution in [0.15, 0.2) is 66.4 Å². The normalized spacial score (nSPS) is 34.2. The molecule has 4 aliphatic carbocycles. The number of carbonyl (C=O) groups excluding carboxylic acids is 2. The molecular weight excluding hydrogens is 540 g/mol. The van der Waals surface area contributed by atoms with Gasteiger partial charge in [0.2, 0.25) is 6.41 Å². The number of benzene rings is 2. The van der Waals surface area contributed by atoms with E-state index in [0.717, 1.165) is 53.9 Å². The molecular formula is C35H40N4O4. The van der Waals surface area contributed by atoms with E-state index < -0.39 is 17.1 Å². The Morgan fingerprint density at radius 2 is 1.88 bits per heavy atom. The van der Waals surface area contributed by atoms with Gasteiger partial charge in [0.1, 0.15) is 5.60 Å². The second-order valence-electron chi connectivity index (χ2n) is 13.6. The number of nitrogens with zero attached hydrogens (tertiary/aromatic N) is 2. The molecule has 43 heavy (non-hydrogen) atoms. The van der Waals surface area contributed by atoms with E-state index in [0.29, 0.717) is 25.8 Å². The van der Waals surface area contributed by atoms with E-state index in [2.05, 4.69) is 23.6 Å². The van der Waals surface area contributed by atoms with Crippen LogP contribution in [-0.2, 0) is 22.6 Å². The topological polar surface area (TPSA) is 116 Å². The number of anilines is 1. The Bertz CT molecular complexity index is 1580. The Labute approximate surface area is 252 Å². The minimum atomic E-state index is -1.51. The molecule has 3 saturated carbocycles. The van der Waals surface area contributed by atoms with Crippen molar-refractivity contribution in [2.45, 2.75) is 70.6 Å². The first-order valence-corrected chi connectivity index (χ1v) is 15.5. The molecule has 0 radical (unpaired) electrons. The molecule has 0 spiro atoms. The van der Waals surface area contributed by atoms with E-state index in [9.17, 15) is 19.8 Å². The lowest BCUT2D eigenvalue weighted by Gasteiger charge is -2.60. The molecule has 0 aliphatic heterocycles. The quantitative estimate of drug-likeness (QED) is 0.317. The highest BCUT2D eigenvalue weighted by Gasteiger charge is 2.68. The fourth-order valence-electron chi connectivity index (χ4n) is 9.46. The number of fused-ring (bicyclic) bond motifs is 6. The third kappa shape index (κ3) is 4.21. The van der Waals surface area contributed by atoms with E-state index in [-0.39, 0.29) is 29.1 Å². The van der Waals surface area contributed by atoms with Crippen LogP contribution in [0.25, 0.3) is 11.8 Å². The summed E-state index contributed by atoms with van der Waals surface area (Å²) in [5, 5.41) is 34.4. The molecule has 3 aromatic rings. The van der Waals surface area contributed by atoms with Gasteiger partial charge in [-0.15, -0.1) is 0 Å². The molecule has 3 fully saturated rings. The summed E-state index contributed by atoms with van der Waals surface area (Å²) in [4.78, 5) is 24.4. The minimum Gasteiger partial charge on any atom is -0.393 e. The van der Waals surface area contributed by atoms with Gasteiger partial charge in [-0.25, -0.2) is 4.68 Å². The molecule has 2 amide bonds. The summed E-state index contributed by atoms with van der Waals surface area (Å²) in [6, 6.07) is 17.4. The molecule has 4 aliphatic rings. The SMILES string of the molecule is CC12Cc3cnn(-c4ccc(NC=O)cc4)c3C=C1CCC1C2C(O)CC2(C)C1CC[C@]2(O)C(=O)NCc1ccccc1. The van der Waals surface area contributed by atoms with E-state index in [1.807, 2.05) is 72.4 Å². The van der Waals surface area contributed by atoms with Crippen LogP contribution in [0.4, 0.5) is 5.69 Å². The fraction of sp³-hybridized carbons (Fsp3) is 0.457. The van der Waals surface area contributed by atoms with Crippen molar-refractivity contribution >= 4 is 24.1 Å². The monoisotopic (exact) mass is 580 g/mol. The highest BCUT2D eigenvalue weighted by atomic mass is 16.3. The van der Waals surface area contributed by atoms with Gasteiger partial charge in [0, 0.05) is 17.6 Å². The number of hydrogen-bond donors (Lipinski definition) is 4. The summed E-state index contributed by atoms with van der Waals surface area (Å²) in [6.45, 7) is 4.72. The largest absolute Gasteiger partial charge is 0.393 e. The molecule has 7 atom stereocenters. The molecule has 2 aromatic carbocycles. The van der Waals surface area contributed by atoms with Crippen LogP contribution in [0.2, 0.25) is 0 Å². The molecule has 224 valence electrons. The Morgan fingerprint density at radius 3 is 2.63 bits per heavy atom. The zero-order valence-corrected chi connectivity index (χ0v) is 24.8. The van der Waals surface area contributed by atoms with Crippen molar-refractivity contribution in [1.82, 2.24) is 15.1 Å². The maximum absolute atomic E-state index is 13.6. The number of amides is 2. The highest BCUT2D eigenvalue weighted by Crippen LogP contribution is 2.67. The maximum atomic E-state index is 13.6. The lowest BCUT2D eigenvalue weighted by atomic mass is 9.45. The average Bonchev–Trinajstić information content (AvgIpc) is 3.52. The van der Waals surface area contributed by atoms with Crippen LogP contribution < -0.4 is 10.6 Å². The van der Waals surface area contributed by atoms with Crippen LogP contribution in [0.5, 0.6) is 0 Å². The van der Waals surface area contributed by atoms with Gasteiger partial charge in [0.25, 0.3) is 5.91 Å². The molecule has 8 heteroatoms. The number of aliphatic hydroxyl groups excluding tert-OH is 1. The first-order valence-electron chi connectivity index (χ1n) is 15.5. The Morgan fingerprint density at radius 1 is 1.12 bits per heavy atom. The van der Waals surface area contributed by atoms with Crippen LogP contribution in [-0.4, -0.2) is 44.0 Å². The van der Waals surface area contributed by atoms with Crippen molar-refractivity contribution in [2.75, 3.05) is 5.32 Å². The molecule has 8 nitrogen and oxygen atoms in total. The van der Waals surface area contributed by atoms with Crippen LogP contribution in [0.1, 0.15) is 62.8 Å². The first kappa shape index (κ1) is 28.0. The number of rotatable bonds is 6. The number of hydrogen-bond acceptors (Lipinski definition) is 5. The maximum Gasteiger partial charge on any atom is 0.252 e. The van der Waals surface area contributed by atoms with E-state index >= 15 is 0 Å². The summed E-state index contributed by atoms with van der Waals surface area (Å²) in [6.07, 6.45) is 8.52. The Hall–Kier alpha value is -3.75. The number of aromatic nitrogens is 2. The van der Waals surface area contributed by atoms with Gasteiger partial charge in [-0.2, -0.15) is 5.10 Å². The summed E-state index contributed by atoms with van der Waals surface area (Å²) < 4.78 is 1.96. The number of allylic oxidation sites excluding steroid dienone is 1. The van der Waals surface area contributed by atoms with Gasteiger partial charge in [0.05, 0.1) is 23.7 Å². The smallest absolute Gasteiger partial charge is 0.252 e. The predicted molar refractivity (Wildman–Crippen MR) is 164 cm³/mol. The van der Waals surface area contributed by atoms with Crippen molar-refractivity contribution in [3.05, 3.63) is 83.2 Å². The van der Waals surface area contributed by atoms with E-state index in [1.54, 1.807) is 0 Å².